The third-order valence-electron chi connectivity index (χ3n) is 4.21. The van der Waals surface area contributed by atoms with Crippen molar-refractivity contribution >= 4 is 12.4 Å². The Bertz CT molecular complexity index is 361. The highest BCUT2D eigenvalue weighted by Crippen LogP contribution is 2.36. The van der Waals surface area contributed by atoms with E-state index in [2.05, 4.69) is 49.1 Å². The number of piperidine rings is 1. The van der Waals surface area contributed by atoms with Gasteiger partial charge in [0.2, 0.25) is 0 Å². The molecule has 0 radical (unpaired) electrons. The average molecular weight is 298 g/mol. The van der Waals surface area contributed by atoms with E-state index >= 15 is 0 Å². The van der Waals surface area contributed by atoms with Crippen LogP contribution in [0.15, 0.2) is 30.3 Å². The van der Waals surface area contributed by atoms with Gasteiger partial charge in [-0.1, -0.05) is 43.7 Å². The molecule has 0 aliphatic carbocycles. The van der Waals surface area contributed by atoms with Crippen LogP contribution in [0.1, 0.15) is 45.1 Å². The van der Waals surface area contributed by atoms with Crippen LogP contribution < -0.4 is 0 Å². The molecule has 0 atom stereocenters. The molecule has 0 amide bonds. The molecule has 20 heavy (non-hydrogen) atoms. The van der Waals surface area contributed by atoms with E-state index in [1.807, 2.05) is 0 Å². The number of ether oxygens (including phenoxy) is 1. The highest BCUT2D eigenvalue weighted by atomic mass is 35.5. The van der Waals surface area contributed by atoms with E-state index in [0.717, 1.165) is 32.5 Å². The summed E-state index contributed by atoms with van der Waals surface area (Å²) >= 11 is 0. The summed E-state index contributed by atoms with van der Waals surface area (Å²) in [5.41, 5.74) is 1.31. The van der Waals surface area contributed by atoms with Gasteiger partial charge in [-0.05, 0) is 38.3 Å². The largest absolute Gasteiger partial charge is 0.370 e. The van der Waals surface area contributed by atoms with Crippen LogP contribution in [-0.4, -0.2) is 31.1 Å². The molecule has 114 valence electrons. The third-order valence-corrected chi connectivity index (χ3v) is 4.21. The summed E-state index contributed by atoms with van der Waals surface area (Å²) in [6.45, 7) is 8.73. The lowest BCUT2D eigenvalue weighted by Crippen LogP contribution is -2.44. The Hall–Kier alpha value is -0.570. The van der Waals surface area contributed by atoms with Crippen LogP contribution >= 0.6 is 12.4 Å². The summed E-state index contributed by atoms with van der Waals surface area (Å²) in [5.74, 6) is 0. The quantitative estimate of drug-likeness (QED) is 0.779. The van der Waals surface area contributed by atoms with E-state index in [-0.39, 0.29) is 18.0 Å². The summed E-state index contributed by atoms with van der Waals surface area (Å²) in [5, 5.41) is 0. The summed E-state index contributed by atoms with van der Waals surface area (Å²) < 4.78 is 6.18. The Morgan fingerprint density at radius 1 is 1.10 bits per heavy atom. The Morgan fingerprint density at radius 3 is 2.30 bits per heavy atom. The molecule has 1 aromatic carbocycles. The van der Waals surface area contributed by atoms with Crippen molar-refractivity contribution in [2.45, 2.75) is 45.1 Å². The number of benzene rings is 1. The van der Waals surface area contributed by atoms with E-state index < -0.39 is 0 Å². The molecule has 1 heterocycles. The number of likely N-dealkylation sites (tertiary alicyclic amines) is 1. The lowest BCUT2D eigenvalue weighted by atomic mass is 9.84. The van der Waals surface area contributed by atoms with Crippen molar-refractivity contribution in [3.05, 3.63) is 35.9 Å². The first-order valence-corrected chi connectivity index (χ1v) is 7.72. The number of hydrogen-bond acceptors (Lipinski definition) is 2. The van der Waals surface area contributed by atoms with Crippen LogP contribution in [0.25, 0.3) is 0 Å². The smallest absolute Gasteiger partial charge is 0.0955 e. The van der Waals surface area contributed by atoms with Crippen molar-refractivity contribution in [3.8, 4) is 0 Å². The van der Waals surface area contributed by atoms with Gasteiger partial charge in [-0.15, -0.1) is 12.4 Å². The molecule has 0 spiro atoms. The first kappa shape index (κ1) is 17.5. The van der Waals surface area contributed by atoms with E-state index in [0.29, 0.717) is 0 Å². The molecule has 0 N–H and O–H groups in total. The highest BCUT2D eigenvalue weighted by molar-refractivity contribution is 5.85. The molecule has 1 fully saturated rings. The molecule has 1 aliphatic rings. The predicted molar refractivity (Wildman–Crippen MR) is 87.6 cm³/mol. The van der Waals surface area contributed by atoms with Gasteiger partial charge in [0.1, 0.15) is 0 Å². The SMILES string of the molecule is CCCCN1CCC(OCC)(c2ccccc2)CC1.Cl. The van der Waals surface area contributed by atoms with Gasteiger partial charge in [0.25, 0.3) is 0 Å². The topological polar surface area (TPSA) is 12.5 Å². The summed E-state index contributed by atoms with van der Waals surface area (Å²) in [4.78, 5) is 2.59. The molecule has 1 aromatic rings. The molecule has 1 aliphatic heterocycles. The van der Waals surface area contributed by atoms with Crippen molar-refractivity contribution in [1.82, 2.24) is 4.90 Å². The van der Waals surface area contributed by atoms with E-state index in [4.69, 9.17) is 4.74 Å². The van der Waals surface area contributed by atoms with Crippen LogP contribution in [0.5, 0.6) is 0 Å². The van der Waals surface area contributed by atoms with Crippen molar-refractivity contribution < 1.29 is 4.74 Å². The van der Waals surface area contributed by atoms with Crippen molar-refractivity contribution in [3.63, 3.8) is 0 Å². The molecular formula is C17H28ClNO. The van der Waals surface area contributed by atoms with Gasteiger partial charge in [-0.2, -0.15) is 0 Å². The molecule has 0 aromatic heterocycles. The van der Waals surface area contributed by atoms with Gasteiger partial charge in [0.15, 0.2) is 0 Å². The standard InChI is InChI=1S/C17H27NO.ClH/c1-3-5-13-18-14-11-17(12-15-18,19-4-2)16-9-7-6-8-10-16;/h6-10H,3-5,11-15H2,1-2H3;1H. The van der Waals surface area contributed by atoms with Crippen molar-refractivity contribution in [1.29, 1.82) is 0 Å². The number of hydrogen-bond donors (Lipinski definition) is 0. The number of halogens is 1. The van der Waals surface area contributed by atoms with Crippen LogP contribution in [0.4, 0.5) is 0 Å². The Labute approximate surface area is 129 Å². The van der Waals surface area contributed by atoms with Crippen molar-refractivity contribution in [2.24, 2.45) is 0 Å². The molecular weight excluding hydrogens is 270 g/mol. The second-order valence-electron chi connectivity index (χ2n) is 5.49. The first-order chi connectivity index (χ1) is 9.30. The number of unbranched alkanes of at least 4 members (excludes halogenated alkanes) is 1. The summed E-state index contributed by atoms with van der Waals surface area (Å²) in [7, 11) is 0. The Morgan fingerprint density at radius 2 is 1.75 bits per heavy atom. The molecule has 0 bridgehead atoms. The second-order valence-corrected chi connectivity index (χ2v) is 5.49. The van der Waals surface area contributed by atoms with Gasteiger partial charge in [0.05, 0.1) is 5.60 Å². The zero-order valence-corrected chi connectivity index (χ0v) is 13.6. The van der Waals surface area contributed by atoms with Gasteiger partial charge >= 0.3 is 0 Å². The monoisotopic (exact) mass is 297 g/mol. The van der Waals surface area contributed by atoms with Gasteiger partial charge in [-0.3, -0.25) is 0 Å². The predicted octanol–water partition coefficient (Wildman–Crippen LogP) is 4.24. The van der Waals surface area contributed by atoms with Crippen LogP contribution in [0.2, 0.25) is 0 Å². The molecule has 2 rings (SSSR count). The molecule has 0 saturated carbocycles. The fourth-order valence-electron chi connectivity index (χ4n) is 3.05. The normalized spacial score (nSPS) is 18.5. The minimum atomic E-state index is -0.0429. The third kappa shape index (κ3) is 4.21. The maximum atomic E-state index is 6.18. The molecule has 2 nitrogen and oxygen atoms in total. The van der Waals surface area contributed by atoms with Gasteiger partial charge in [-0.25, -0.2) is 0 Å². The van der Waals surface area contributed by atoms with E-state index in [1.54, 1.807) is 0 Å². The van der Waals surface area contributed by atoms with Crippen molar-refractivity contribution in [2.75, 3.05) is 26.2 Å². The lowest BCUT2D eigenvalue weighted by Gasteiger charge is -2.42. The first-order valence-electron chi connectivity index (χ1n) is 7.72. The van der Waals surface area contributed by atoms with Gasteiger partial charge < -0.3 is 9.64 Å². The van der Waals surface area contributed by atoms with Crippen LogP contribution in [-0.2, 0) is 10.3 Å². The fourth-order valence-corrected chi connectivity index (χ4v) is 3.05. The zero-order chi connectivity index (χ0) is 13.6. The fraction of sp³-hybridized carbons (Fsp3) is 0.647. The number of rotatable bonds is 6. The maximum Gasteiger partial charge on any atom is 0.0955 e. The Kier molecular flexibility index (Phi) is 7.57. The summed E-state index contributed by atoms with van der Waals surface area (Å²) in [6, 6.07) is 10.8. The maximum absolute atomic E-state index is 6.18. The van der Waals surface area contributed by atoms with Gasteiger partial charge in [0, 0.05) is 19.7 Å². The van der Waals surface area contributed by atoms with E-state index in [9.17, 15) is 0 Å². The number of nitrogens with zero attached hydrogens (tertiary/aromatic N) is 1. The summed E-state index contributed by atoms with van der Waals surface area (Å²) in [6.07, 6.45) is 4.84. The average Bonchev–Trinajstić information content (AvgIpc) is 2.48. The molecule has 3 heteroatoms. The molecule has 0 unspecified atom stereocenters. The second kappa shape index (κ2) is 8.66. The van der Waals surface area contributed by atoms with E-state index in [1.165, 1.54) is 24.9 Å². The Balaban J connectivity index is 0.00000200. The highest BCUT2D eigenvalue weighted by Gasteiger charge is 2.36. The molecule has 1 saturated heterocycles. The lowest BCUT2D eigenvalue weighted by molar-refractivity contribution is -0.0850. The van der Waals surface area contributed by atoms with Crippen LogP contribution in [0, 0.1) is 0 Å². The zero-order valence-electron chi connectivity index (χ0n) is 12.8. The minimum Gasteiger partial charge on any atom is -0.370 e. The van der Waals surface area contributed by atoms with Crippen LogP contribution in [0.3, 0.4) is 0 Å². The minimum absolute atomic E-state index is 0.